The lowest BCUT2D eigenvalue weighted by molar-refractivity contribution is 0.107. The summed E-state index contributed by atoms with van der Waals surface area (Å²) < 4.78 is 38.4. The monoisotopic (exact) mass is 627 g/mol. The summed E-state index contributed by atoms with van der Waals surface area (Å²) in [6.07, 6.45) is 12.7. The quantitative estimate of drug-likeness (QED) is 0.234. The van der Waals surface area contributed by atoms with Gasteiger partial charge in [0.1, 0.15) is 35.2 Å². The number of rotatable bonds is 6. The van der Waals surface area contributed by atoms with E-state index in [4.69, 9.17) is 14.7 Å². The van der Waals surface area contributed by atoms with Gasteiger partial charge in [-0.3, -0.25) is 9.88 Å². The molecule has 0 bridgehead atoms. The lowest BCUT2D eigenvalue weighted by Gasteiger charge is -2.33. The maximum atomic E-state index is 16.9. The lowest BCUT2D eigenvalue weighted by Crippen LogP contribution is -2.43. The standard InChI is InChI=1S/C37H43F2N5O2/c1-3-26-29(38)9-8-24-16-25(45)17-27(30(24)26)32-31(39)33-28(19-40-32)34(43-15-13-36(21-43)10-5-4-6-11-36)42-35(41-33)46-22-37-12-7-14-44(37)20-23(2)18-37/h8-9,16-17,19,23,45H,3-7,10-15,18,20-22H2,1-2H3/t23-,37+/m1/s1. The van der Waals surface area contributed by atoms with Crippen LogP contribution in [-0.2, 0) is 6.42 Å². The normalized spacial score (nSPS) is 24.4. The van der Waals surface area contributed by atoms with E-state index in [-0.39, 0.29) is 39.7 Å². The van der Waals surface area contributed by atoms with Crippen LogP contribution in [0.5, 0.6) is 11.8 Å². The first-order valence-corrected chi connectivity index (χ1v) is 17.2. The number of halogens is 2. The fraction of sp³-hybridized carbons (Fsp3) is 0.541. The van der Waals surface area contributed by atoms with Crippen LogP contribution in [0, 0.1) is 23.0 Å². The highest BCUT2D eigenvalue weighted by Gasteiger charge is 2.48. The Morgan fingerprint density at radius 2 is 1.87 bits per heavy atom. The fourth-order valence-electron chi connectivity index (χ4n) is 9.39. The molecule has 0 unspecified atom stereocenters. The molecule has 5 heterocycles. The third kappa shape index (κ3) is 4.88. The lowest BCUT2D eigenvalue weighted by atomic mass is 9.73. The second kappa shape index (κ2) is 11.3. The third-order valence-corrected chi connectivity index (χ3v) is 11.5. The van der Waals surface area contributed by atoms with Crippen LogP contribution >= 0.6 is 0 Å². The molecule has 242 valence electrons. The molecule has 1 saturated carbocycles. The van der Waals surface area contributed by atoms with Crippen molar-refractivity contribution in [3.63, 3.8) is 0 Å². The Bertz CT molecular complexity index is 1830. The first kappa shape index (κ1) is 29.8. The van der Waals surface area contributed by atoms with Crippen molar-refractivity contribution in [1.82, 2.24) is 19.9 Å². The predicted octanol–water partition coefficient (Wildman–Crippen LogP) is 7.81. The summed E-state index contributed by atoms with van der Waals surface area (Å²) in [5, 5.41) is 12.3. The van der Waals surface area contributed by atoms with Gasteiger partial charge in [0.2, 0.25) is 0 Å². The van der Waals surface area contributed by atoms with Crippen LogP contribution in [-0.4, -0.2) is 63.3 Å². The molecule has 3 aliphatic heterocycles. The molecule has 8 rings (SSSR count). The van der Waals surface area contributed by atoms with E-state index in [1.165, 1.54) is 44.2 Å². The molecule has 0 amide bonds. The van der Waals surface area contributed by atoms with Gasteiger partial charge in [0, 0.05) is 31.4 Å². The number of pyridine rings is 1. The second-order valence-electron chi connectivity index (χ2n) is 14.6. The van der Waals surface area contributed by atoms with Crippen molar-refractivity contribution >= 4 is 27.5 Å². The fourth-order valence-corrected chi connectivity index (χ4v) is 9.39. The largest absolute Gasteiger partial charge is 0.508 e. The molecule has 7 nitrogen and oxygen atoms in total. The zero-order chi connectivity index (χ0) is 31.6. The van der Waals surface area contributed by atoms with E-state index in [0.717, 1.165) is 51.9 Å². The number of fused-ring (bicyclic) bond motifs is 3. The summed E-state index contributed by atoms with van der Waals surface area (Å²) in [5.41, 5.74) is 1.22. The maximum absolute atomic E-state index is 16.9. The minimum absolute atomic E-state index is 0.0270. The van der Waals surface area contributed by atoms with Crippen LogP contribution in [0.15, 0.2) is 30.5 Å². The van der Waals surface area contributed by atoms with E-state index in [9.17, 15) is 5.11 Å². The van der Waals surface area contributed by atoms with Gasteiger partial charge >= 0.3 is 6.01 Å². The van der Waals surface area contributed by atoms with Crippen LogP contribution in [0.3, 0.4) is 0 Å². The van der Waals surface area contributed by atoms with E-state index in [2.05, 4.69) is 21.7 Å². The number of phenols is 1. The van der Waals surface area contributed by atoms with Crippen molar-refractivity contribution in [2.75, 3.05) is 37.7 Å². The Kier molecular flexibility index (Phi) is 7.31. The van der Waals surface area contributed by atoms with Gasteiger partial charge in [-0.1, -0.05) is 39.2 Å². The van der Waals surface area contributed by atoms with Crippen LogP contribution < -0.4 is 9.64 Å². The summed E-state index contributed by atoms with van der Waals surface area (Å²) in [6, 6.07) is 6.24. The van der Waals surface area contributed by atoms with Crippen LogP contribution in [0.2, 0.25) is 0 Å². The first-order valence-electron chi connectivity index (χ1n) is 17.2. The van der Waals surface area contributed by atoms with Crippen LogP contribution in [0.25, 0.3) is 32.9 Å². The minimum atomic E-state index is -0.620. The van der Waals surface area contributed by atoms with Gasteiger partial charge in [-0.05, 0) is 97.4 Å². The van der Waals surface area contributed by atoms with E-state index in [0.29, 0.717) is 52.0 Å². The summed E-state index contributed by atoms with van der Waals surface area (Å²) in [5.74, 6) is 0.254. The number of aromatic hydroxyl groups is 1. The van der Waals surface area contributed by atoms with Gasteiger partial charge in [-0.2, -0.15) is 9.97 Å². The maximum Gasteiger partial charge on any atom is 0.319 e. The van der Waals surface area contributed by atoms with Crippen LogP contribution in [0.4, 0.5) is 14.6 Å². The van der Waals surface area contributed by atoms with Gasteiger partial charge in [0.25, 0.3) is 0 Å². The Morgan fingerprint density at radius 3 is 2.70 bits per heavy atom. The summed E-state index contributed by atoms with van der Waals surface area (Å²) in [7, 11) is 0. The number of ether oxygens (including phenoxy) is 1. The van der Waals surface area contributed by atoms with Crippen molar-refractivity contribution in [3.8, 4) is 23.0 Å². The number of benzene rings is 2. The predicted molar refractivity (Wildman–Crippen MR) is 176 cm³/mol. The molecule has 4 aliphatic rings. The van der Waals surface area contributed by atoms with Gasteiger partial charge in [0.15, 0.2) is 5.82 Å². The molecule has 1 aliphatic carbocycles. The van der Waals surface area contributed by atoms with Crippen molar-refractivity contribution in [3.05, 3.63) is 47.7 Å². The van der Waals surface area contributed by atoms with E-state index in [1.54, 1.807) is 18.3 Å². The SMILES string of the molecule is CCc1c(F)ccc2cc(O)cc(-c3ncc4c(N5CCC6(CCCCC6)C5)nc(OC[C@@]56CCCN5C[C@H](C)C6)nc4c3F)c12. The molecule has 2 atom stereocenters. The number of anilines is 1. The number of aromatic nitrogens is 3. The molecule has 4 aromatic rings. The van der Waals surface area contributed by atoms with Gasteiger partial charge in [-0.15, -0.1) is 0 Å². The highest BCUT2D eigenvalue weighted by atomic mass is 19.1. The second-order valence-corrected chi connectivity index (χ2v) is 14.6. The number of hydrogen-bond donors (Lipinski definition) is 1. The summed E-state index contributed by atoms with van der Waals surface area (Å²) in [4.78, 5) is 19.2. The molecule has 46 heavy (non-hydrogen) atoms. The van der Waals surface area contributed by atoms with Gasteiger partial charge in [-0.25, -0.2) is 8.78 Å². The van der Waals surface area contributed by atoms with Crippen molar-refractivity contribution in [2.24, 2.45) is 11.3 Å². The Morgan fingerprint density at radius 1 is 1.02 bits per heavy atom. The molecule has 3 saturated heterocycles. The molecule has 0 radical (unpaired) electrons. The van der Waals surface area contributed by atoms with E-state index < -0.39 is 5.82 Å². The molecule has 2 aromatic heterocycles. The van der Waals surface area contributed by atoms with E-state index >= 15 is 8.78 Å². The zero-order valence-corrected chi connectivity index (χ0v) is 26.9. The Labute approximate surface area is 269 Å². The summed E-state index contributed by atoms with van der Waals surface area (Å²) in [6.45, 7) is 8.52. The average molecular weight is 628 g/mol. The Balaban J connectivity index is 1.26. The number of phenolic OH excluding ortho intramolecular Hbond substituents is 1. The number of nitrogens with zero attached hydrogens (tertiary/aromatic N) is 5. The third-order valence-electron chi connectivity index (χ3n) is 11.5. The van der Waals surface area contributed by atoms with E-state index in [1.807, 2.05) is 6.92 Å². The first-order chi connectivity index (χ1) is 22.3. The topological polar surface area (TPSA) is 74.6 Å². The molecular formula is C37H43F2N5O2. The number of hydrogen-bond acceptors (Lipinski definition) is 7. The highest BCUT2D eigenvalue weighted by Crippen LogP contribution is 2.47. The van der Waals surface area contributed by atoms with Gasteiger partial charge in [0.05, 0.1) is 10.9 Å². The number of aryl methyl sites for hydroxylation is 1. The Hall–Kier alpha value is -3.59. The molecule has 1 N–H and O–H groups in total. The molecular weight excluding hydrogens is 584 g/mol. The van der Waals surface area contributed by atoms with Gasteiger partial charge < -0.3 is 14.7 Å². The summed E-state index contributed by atoms with van der Waals surface area (Å²) >= 11 is 0. The van der Waals surface area contributed by atoms with Crippen molar-refractivity contribution in [2.45, 2.75) is 83.6 Å². The average Bonchev–Trinajstić information content (AvgIpc) is 3.72. The molecule has 2 aromatic carbocycles. The van der Waals surface area contributed by atoms with Crippen molar-refractivity contribution < 1.29 is 18.6 Å². The highest BCUT2D eigenvalue weighted by molar-refractivity contribution is 6.01. The van der Waals surface area contributed by atoms with Crippen molar-refractivity contribution in [1.29, 1.82) is 0 Å². The minimum Gasteiger partial charge on any atom is -0.508 e. The van der Waals surface area contributed by atoms with Crippen LogP contribution in [0.1, 0.15) is 77.2 Å². The molecule has 9 heteroatoms. The molecule has 1 spiro atoms. The molecule has 4 fully saturated rings. The smallest absolute Gasteiger partial charge is 0.319 e. The zero-order valence-electron chi connectivity index (χ0n) is 26.9.